The van der Waals surface area contributed by atoms with Crippen molar-refractivity contribution >= 4 is 17.2 Å². The molecule has 0 spiro atoms. The molecule has 6 heteroatoms. The number of imidazole rings is 1. The van der Waals surface area contributed by atoms with E-state index < -0.39 is 0 Å². The van der Waals surface area contributed by atoms with Crippen molar-refractivity contribution in [2.45, 2.75) is 52.0 Å². The lowest BCUT2D eigenvalue weighted by Gasteiger charge is -2.32. The van der Waals surface area contributed by atoms with Crippen LogP contribution in [0.2, 0.25) is 0 Å². The zero-order valence-electron chi connectivity index (χ0n) is 13.9. The van der Waals surface area contributed by atoms with E-state index in [2.05, 4.69) is 19.9 Å². The minimum atomic E-state index is 0.278. The molecule has 1 fully saturated rings. The van der Waals surface area contributed by atoms with E-state index in [-0.39, 0.29) is 5.91 Å². The molecule has 1 atom stereocenters. The van der Waals surface area contributed by atoms with Crippen LogP contribution < -0.4 is 0 Å². The molecular weight excluding hydrogens is 308 g/mol. The van der Waals surface area contributed by atoms with Crippen LogP contribution in [0.5, 0.6) is 0 Å². The zero-order valence-corrected chi connectivity index (χ0v) is 14.7. The number of aryl methyl sites for hydroxylation is 3. The van der Waals surface area contributed by atoms with E-state index in [9.17, 15) is 4.79 Å². The van der Waals surface area contributed by atoms with Crippen LogP contribution in [0.15, 0.2) is 17.8 Å². The number of hydrogen-bond acceptors (Lipinski definition) is 4. The summed E-state index contributed by atoms with van der Waals surface area (Å²) >= 11 is 1.73. The summed E-state index contributed by atoms with van der Waals surface area (Å²) in [4.78, 5) is 23.3. The molecule has 0 radical (unpaired) electrons. The highest BCUT2D eigenvalue weighted by atomic mass is 32.1. The van der Waals surface area contributed by atoms with Gasteiger partial charge in [-0.05, 0) is 33.1 Å². The topological polar surface area (TPSA) is 51.0 Å². The fourth-order valence-electron chi connectivity index (χ4n) is 3.16. The van der Waals surface area contributed by atoms with Gasteiger partial charge in [0.15, 0.2) is 0 Å². The van der Waals surface area contributed by atoms with Crippen molar-refractivity contribution in [3.05, 3.63) is 34.3 Å². The molecule has 0 aromatic carbocycles. The van der Waals surface area contributed by atoms with E-state index in [0.717, 1.165) is 50.4 Å². The minimum Gasteiger partial charge on any atom is -0.342 e. The molecule has 3 heterocycles. The molecule has 124 valence electrons. The monoisotopic (exact) mass is 332 g/mol. The van der Waals surface area contributed by atoms with Crippen molar-refractivity contribution in [3.63, 3.8) is 0 Å². The number of amides is 1. The summed E-state index contributed by atoms with van der Waals surface area (Å²) in [7, 11) is 0. The molecular formula is C17H24N4OS. The Bertz CT molecular complexity index is 663. The third kappa shape index (κ3) is 3.99. The molecule has 0 N–H and O–H groups in total. The molecule has 0 bridgehead atoms. The summed E-state index contributed by atoms with van der Waals surface area (Å²) in [5, 5.41) is 3.29. The third-order valence-corrected chi connectivity index (χ3v) is 5.60. The maximum atomic E-state index is 12.5. The number of rotatable bonds is 5. The molecule has 1 aliphatic heterocycles. The van der Waals surface area contributed by atoms with Crippen molar-refractivity contribution in [1.82, 2.24) is 19.4 Å². The molecule has 3 rings (SSSR count). The largest absolute Gasteiger partial charge is 0.342 e. The van der Waals surface area contributed by atoms with E-state index >= 15 is 0 Å². The second-order valence-electron chi connectivity index (χ2n) is 6.28. The number of hydrogen-bond donors (Lipinski definition) is 0. The van der Waals surface area contributed by atoms with Crippen molar-refractivity contribution in [2.75, 3.05) is 13.1 Å². The Kier molecular flexibility index (Phi) is 5.10. The summed E-state index contributed by atoms with van der Waals surface area (Å²) in [5.74, 6) is 1.71. The first-order chi connectivity index (χ1) is 11.1. The fraction of sp³-hybridized carbons (Fsp3) is 0.588. The Morgan fingerprint density at radius 1 is 1.43 bits per heavy atom. The standard InChI is InChI=1S/C17H24N4OS/c1-13-12-23-17(19-13)15-5-3-9-21(11-15)16(22)6-4-8-20-10-7-18-14(20)2/h7,10,12,15H,3-6,8-9,11H2,1-2H3/t15-/m0/s1. The molecule has 2 aromatic heterocycles. The van der Waals surface area contributed by atoms with E-state index in [1.807, 2.05) is 31.1 Å². The smallest absolute Gasteiger partial charge is 0.222 e. The van der Waals surface area contributed by atoms with Crippen LogP contribution in [0.25, 0.3) is 0 Å². The number of aromatic nitrogens is 3. The molecule has 1 aliphatic rings. The Morgan fingerprint density at radius 3 is 3.00 bits per heavy atom. The Labute approximate surface area is 141 Å². The number of carbonyl (C=O) groups excluding carboxylic acids is 1. The van der Waals surface area contributed by atoms with Crippen molar-refractivity contribution in [3.8, 4) is 0 Å². The molecule has 5 nitrogen and oxygen atoms in total. The highest BCUT2D eigenvalue weighted by Gasteiger charge is 2.26. The summed E-state index contributed by atoms with van der Waals surface area (Å²) in [6, 6.07) is 0. The van der Waals surface area contributed by atoms with E-state index in [0.29, 0.717) is 12.3 Å². The Hall–Kier alpha value is -1.69. The maximum Gasteiger partial charge on any atom is 0.222 e. The molecule has 0 saturated carbocycles. The molecule has 1 amide bonds. The van der Waals surface area contributed by atoms with E-state index in [1.165, 1.54) is 5.01 Å². The van der Waals surface area contributed by atoms with Crippen molar-refractivity contribution in [1.29, 1.82) is 0 Å². The van der Waals surface area contributed by atoms with Gasteiger partial charge in [0, 0.05) is 55.4 Å². The number of carbonyl (C=O) groups is 1. The quantitative estimate of drug-likeness (QED) is 0.845. The van der Waals surface area contributed by atoms with Crippen LogP contribution in [0, 0.1) is 13.8 Å². The Morgan fingerprint density at radius 2 is 2.30 bits per heavy atom. The summed E-state index contributed by atoms with van der Waals surface area (Å²) < 4.78 is 2.10. The highest BCUT2D eigenvalue weighted by Crippen LogP contribution is 2.29. The fourth-order valence-corrected chi connectivity index (χ4v) is 4.09. The summed E-state index contributed by atoms with van der Waals surface area (Å²) in [6.07, 6.45) is 7.49. The van der Waals surface area contributed by atoms with E-state index in [1.54, 1.807) is 11.3 Å². The average Bonchev–Trinajstić information content (AvgIpc) is 3.16. The van der Waals surface area contributed by atoms with Gasteiger partial charge in [-0.2, -0.15) is 0 Å². The van der Waals surface area contributed by atoms with Crippen LogP contribution in [0.3, 0.4) is 0 Å². The van der Waals surface area contributed by atoms with Crippen molar-refractivity contribution < 1.29 is 4.79 Å². The van der Waals surface area contributed by atoms with E-state index in [4.69, 9.17) is 0 Å². The minimum absolute atomic E-state index is 0.278. The lowest BCUT2D eigenvalue weighted by atomic mass is 9.98. The van der Waals surface area contributed by atoms with Gasteiger partial charge in [-0.15, -0.1) is 11.3 Å². The summed E-state index contributed by atoms with van der Waals surface area (Å²) in [6.45, 7) is 6.61. The van der Waals surface area contributed by atoms with Gasteiger partial charge >= 0.3 is 0 Å². The molecule has 1 saturated heterocycles. The number of likely N-dealkylation sites (tertiary alicyclic amines) is 1. The van der Waals surface area contributed by atoms with Crippen LogP contribution in [0.1, 0.15) is 48.1 Å². The molecule has 0 unspecified atom stereocenters. The first-order valence-electron chi connectivity index (χ1n) is 8.31. The first-order valence-corrected chi connectivity index (χ1v) is 9.19. The van der Waals surface area contributed by atoms with Gasteiger partial charge in [0.2, 0.25) is 5.91 Å². The van der Waals surface area contributed by atoms with Gasteiger partial charge in [-0.1, -0.05) is 0 Å². The number of thiazole rings is 1. The maximum absolute atomic E-state index is 12.5. The van der Waals surface area contributed by atoms with Crippen LogP contribution in [-0.4, -0.2) is 38.4 Å². The number of piperidine rings is 1. The van der Waals surface area contributed by atoms with Crippen LogP contribution >= 0.6 is 11.3 Å². The van der Waals surface area contributed by atoms with Gasteiger partial charge in [-0.25, -0.2) is 9.97 Å². The second-order valence-corrected chi connectivity index (χ2v) is 7.17. The predicted octanol–water partition coefficient (Wildman–Crippen LogP) is 3.14. The third-order valence-electron chi connectivity index (χ3n) is 4.47. The normalized spacial score (nSPS) is 18.3. The molecule has 23 heavy (non-hydrogen) atoms. The summed E-state index contributed by atoms with van der Waals surface area (Å²) in [5.41, 5.74) is 1.09. The van der Waals surface area contributed by atoms with Crippen molar-refractivity contribution in [2.24, 2.45) is 0 Å². The van der Waals surface area contributed by atoms with Gasteiger partial charge < -0.3 is 9.47 Å². The Balaban J connectivity index is 1.50. The zero-order chi connectivity index (χ0) is 16.2. The number of nitrogens with zero attached hydrogens (tertiary/aromatic N) is 4. The predicted molar refractivity (Wildman–Crippen MR) is 91.6 cm³/mol. The average molecular weight is 332 g/mol. The second kappa shape index (κ2) is 7.25. The lowest BCUT2D eigenvalue weighted by molar-refractivity contribution is -0.132. The lowest BCUT2D eigenvalue weighted by Crippen LogP contribution is -2.39. The van der Waals surface area contributed by atoms with Crippen LogP contribution in [-0.2, 0) is 11.3 Å². The molecule has 0 aliphatic carbocycles. The van der Waals surface area contributed by atoms with Gasteiger partial charge in [-0.3, -0.25) is 4.79 Å². The molecule has 2 aromatic rings. The van der Waals surface area contributed by atoms with Gasteiger partial charge in [0.1, 0.15) is 5.82 Å². The SMILES string of the molecule is Cc1csc([C@H]2CCCN(C(=O)CCCn3ccnc3C)C2)n1. The van der Waals surface area contributed by atoms with Gasteiger partial charge in [0.05, 0.1) is 5.01 Å². The highest BCUT2D eigenvalue weighted by molar-refractivity contribution is 7.09. The first kappa shape index (κ1) is 16.2. The van der Waals surface area contributed by atoms with Crippen LogP contribution in [0.4, 0.5) is 0 Å². The van der Waals surface area contributed by atoms with Gasteiger partial charge in [0.25, 0.3) is 0 Å².